The van der Waals surface area contributed by atoms with Gasteiger partial charge in [0.1, 0.15) is 5.69 Å². The molecule has 2 aromatic rings. The van der Waals surface area contributed by atoms with Crippen LogP contribution in [-0.2, 0) is 12.5 Å². The number of aromatic nitrogens is 2. The van der Waals surface area contributed by atoms with Crippen LogP contribution in [0.3, 0.4) is 0 Å². The number of aryl methyl sites for hydroxylation is 1. The Bertz CT molecular complexity index is 576. The Morgan fingerprint density at radius 3 is 2.39 bits per heavy atom. The summed E-state index contributed by atoms with van der Waals surface area (Å²) in [7, 11) is 1.81. The zero-order valence-electron chi connectivity index (χ0n) is 11.3. The zero-order chi connectivity index (χ0) is 13.3. The minimum absolute atomic E-state index is 0.0128. The lowest BCUT2D eigenvalue weighted by Gasteiger charge is -2.21. The molecule has 2 rings (SSSR count). The lowest BCUT2D eigenvalue weighted by Crippen LogP contribution is -2.17. The van der Waals surface area contributed by atoms with Crippen LogP contribution in [0.2, 0.25) is 0 Å². The van der Waals surface area contributed by atoms with E-state index in [1.165, 1.54) is 0 Å². The summed E-state index contributed by atoms with van der Waals surface area (Å²) in [5, 5.41) is 4.18. The van der Waals surface area contributed by atoms with Gasteiger partial charge in [-0.1, -0.05) is 45.0 Å². The fourth-order valence-corrected chi connectivity index (χ4v) is 2.01. The van der Waals surface area contributed by atoms with E-state index in [9.17, 15) is 4.79 Å². The third kappa shape index (κ3) is 2.35. The van der Waals surface area contributed by atoms with Crippen LogP contribution in [0.4, 0.5) is 0 Å². The fraction of sp³-hybridized carbons (Fsp3) is 0.333. The summed E-state index contributed by atoms with van der Waals surface area (Å²) < 4.78 is 1.65. The maximum absolute atomic E-state index is 12.5. The third-order valence-electron chi connectivity index (χ3n) is 2.93. The van der Waals surface area contributed by atoms with E-state index in [0.717, 1.165) is 11.1 Å². The maximum atomic E-state index is 12.5. The highest BCUT2D eigenvalue weighted by atomic mass is 16.1. The van der Waals surface area contributed by atoms with E-state index in [1.807, 2.05) is 31.3 Å². The summed E-state index contributed by atoms with van der Waals surface area (Å²) in [6.45, 7) is 6.33. The molecule has 0 aliphatic carbocycles. The van der Waals surface area contributed by atoms with E-state index in [-0.39, 0.29) is 11.2 Å². The standard InChI is InChI=1S/C15H18N2O/c1-15(2,3)12-8-6-5-7-11(12)14(18)13-9-10-17(4)16-13/h5-10H,1-4H3. The molecule has 0 radical (unpaired) electrons. The van der Waals surface area contributed by atoms with Crippen molar-refractivity contribution >= 4 is 5.78 Å². The van der Waals surface area contributed by atoms with Crippen LogP contribution < -0.4 is 0 Å². The van der Waals surface area contributed by atoms with Crippen molar-refractivity contribution in [3.8, 4) is 0 Å². The van der Waals surface area contributed by atoms with Crippen LogP contribution in [0.1, 0.15) is 42.4 Å². The Morgan fingerprint density at radius 1 is 1.17 bits per heavy atom. The first-order chi connectivity index (χ1) is 8.39. The van der Waals surface area contributed by atoms with Gasteiger partial charge in [-0.25, -0.2) is 0 Å². The number of hydrogen-bond acceptors (Lipinski definition) is 2. The number of nitrogens with zero attached hydrogens (tertiary/aromatic N) is 2. The minimum atomic E-state index is -0.0545. The SMILES string of the molecule is Cn1ccc(C(=O)c2ccccc2C(C)(C)C)n1. The topological polar surface area (TPSA) is 34.9 Å². The number of carbonyl (C=O) groups excluding carboxylic acids is 1. The molecule has 0 saturated carbocycles. The van der Waals surface area contributed by atoms with Crippen molar-refractivity contribution < 1.29 is 4.79 Å². The average Bonchev–Trinajstić information content (AvgIpc) is 2.74. The number of rotatable bonds is 2. The van der Waals surface area contributed by atoms with Gasteiger partial charge in [-0.2, -0.15) is 5.10 Å². The number of ketones is 1. The molecule has 18 heavy (non-hydrogen) atoms. The summed E-state index contributed by atoms with van der Waals surface area (Å²) >= 11 is 0. The van der Waals surface area contributed by atoms with Gasteiger partial charge >= 0.3 is 0 Å². The van der Waals surface area contributed by atoms with Gasteiger partial charge in [-0.15, -0.1) is 0 Å². The Morgan fingerprint density at radius 2 is 1.83 bits per heavy atom. The first kappa shape index (κ1) is 12.6. The average molecular weight is 242 g/mol. The molecule has 0 amide bonds. The molecule has 0 bridgehead atoms. The highest BCUT2D eigenvalue weighted by molar-refractivity contribution is 6.08. The second-order valence-corrected chi connectivity index (χ2v) is 5.50. The summed E-state index contributed by atoms with van der Waals surface area (Å²) in [5.41, 5.74) is 2.24. The molecule has 0 fully saturated rings. The second-order valence-electron chi connectivity index (χ2n) is 5.50. The van der Waals surface area contributed by atoms with Gasteiger partial charge in [0.15, 0.2) is 0 Å². The molecule has 3 nitrogen and oxygen atoms in total. The first-order valence-electron chi connectivity index (χ1n) is 6.03. The molecule has 0 spiro atoms. The molecule has 1 aromatic heterocycles. The van der Waals surface area contributed by atoms with E-state index in [2.05, 4.69) is 25.9 Å². The zero-order valence-corrected chi connectivity index (χ0v) is 11.3. The summed E-state index contributed by atoms with van der Waals surface area (Å²) in [5.74, 6) is -0.0128. The molecular formula is C15H18N2O. The van der Waals surface area contributed by atoms with Crippen LogP contribution >= 0.6 is 0 Å². The van der Waals surface area contributed by atoms with E-state index >= 15 is 0 Å². The molecule has 1 heterocycles. The van der Waals surface area contributed by atoms with E-state index < -0.39 is 0 Å². The minimum Gasteiger partial charge on any atom is -0.287 e. The highest BCUT2D eigenvalue weighted by Gasteiger charge is 2.22. The monoisotopic (exact) mass is 242 g/mol. The van der Waals surface area contributed by atoms with Crippen molar-refractivity contribution in [1.29, 1.82) is 0 Å². The Hall–Kier alpha value is -1.90. The van der Waals surface area contributed by atoms with Gasteiger partial charge in [0, 0.05) is 18.8 Å². The number of benzene rings is 1. The van der Waals surface area contributed by atoms with Crippen molar-refractivity contribution in [3.05, 3.63) is 53.3 Å². The quantitative estimate of drug-likeness (QED) is 0.759. The van der Waals surface area contributed by atoms with E-state index in [0.29, 0.717) is 5.69 Å². The van der Waals surface area contributed by atoms with Crippen LogP contribution in [0, 0.1) is 0 Å². The van der Waals surface area contributed by atoms with Crippen molar-refractivity contribution in [2.75, 3.05) is 0 Å². The molecule has 0 unspecified atom stereocenters. The largest absolute Gasteiger partial charge is 0.287 e. The fourth-order valence-electron chi connectivity index (χ4n) is 2.01. The highest BCUT2D eigenvalue weighted by Crippen LogP contribution is 2.26. The molecule has 1 aromatic carbocycles. The number of hydrogen-bond donors (Lipinski definition) is 0. The second kappa shape index (κ2) is 4.41. The van der Waals surface area contributed by atoms with Crippen LogP contribution in [0.15, 0.2) is 36.5 Å². The third-order valence-corrected chi connectivity index (χ3v) is 2.93. The van der Waals surface area contributed by atoms with Gasteiger partial charge in [0.2, 0.25) is 5.78 Å². The van der Waals surface area contributed by atoms with E-state index in [1.54, 1.807) is 16.9 Å². The van der Waals surface area contributed by atoms with Crippen LogP contribution in [-0.4, -0.2) is 15.6 Å². The molecule has 0 N–H and O–H groups in total. The van der Waals surface area contributed by atoms with Crippen molar-refractivity contribution in [3.63, 3.8) is 0 Å². The lowest BCUT2D eigenvalue weighted by molar-refractivity contribution is 0.103. The Balaban J connectivity index is 2.49. The van der Waals surface area contributed by atoms with Gasteiger partial charge in [-0.3, -0.25) is 9.48 Å². The van der Waals surface area contributed by atoms with E-state index in [4.69, 9.17) is 0 Å². The van der Waals surface area contributed by atoms with Crippen LogP contribution in [0.25, 0.3) is 0 Å². The molecule has 3 heteroatoms. The van der Waals surface area contributed by atoms with Crippen molar-refractivity contribution in [2.24, 2.45) is 7.05 Å². The maximum Gasteiger partial charge on any atom is 0.213 e. The smallest absolute Gasteiger partial charge is 0.213 e. The summed E-state index contributed by atoms with van der Waals surface area (Å²) in [6, 6.07) is 9.50. The summed E-state index contributed by atoms with van der Waals surface area (Å²) in [4.78, 5) is 12.5. The lowest BCUT2D eigenvalue weighted by atomic mass is 9.82. The number of carbonyl (C=O) groups is 1. The van der Waals surface area contributed by atoms with Gasteiger partial charge in [0.05, 0.1) is 0 Å². The normalized spacial score (nSPS) is 11.6. The predicted octanol–water partition coefficient (Wildman–Crippen LogP) is 2.95. The summed E-state index contributed by atoms with van der Waals surface area (Å²) in [6.07, 6.45) is 1.78. The van der Waals surface area contributed by atoms with Crippen LogP contribution in [0.5, 0.6) is 0 Å². The molecule has 94 valence electrons. The predicted molar refractivity (Wildman–Crippen MR) is 71.8 cm³/mol. The van der Waals surface area contributed by atoms with Gasteiger partial charge in [0.25, 0.3) is 0 Å². The molecular weight excluding hydrogens is 224 g/mol. The molecule has 0 atom stereocenters. The Kier molecular flexibility index (Phi) is 3.07. The Labute approximate surface area is 107 Å². The molecule has 0 aliphatic heterocycles. The van der Waals surface area contributed by atoms with Gasteiger partial charge in [-0.05, 0) is 17.0 Å². The van der Waals surface area contributed by atoms with Gasteiger partial charge < -0.3 is 0 Å². The van der Waals surface area contributed by atoms with Crippen molar-refractivity contribution in [1.82, 2.24) is 9.78 Å². The first-order valence-corrected chi connectivity index (χ1v) is 6.03. The molecule has 0 aliphatic rings. The van der Waals surface area contributed by atoms with Crippen molar-refractivity contribution in [2.45, 2.75) is 26.2 Å². The molecule has 0 saturated heterocycles.